The van der Waals surface area contributed by atoms with E-state index in [1.165, 1.54) is 4.90 Å². The van der Waals surface area contributed by atoms with Crippen molar-refractivity contribution < 1.29 is 19.1 Å². The number of hydrogen-bond acceptors (Lipinski definition) is 5. The van der Waals surface area contributed by atoms with Crippen molar-refractivity contribution in [2.24, 2.45) is 0 Å². The number of nitrogens with zero attached hydrogens (tertiary/aromatic N) is 1. The molecule has 1 saturated heterocycles. The summed E-state index contributed by atoms with van der Waals surface area (Å²) in [6.07, 6.45) is 1.66. The minimum absolute atomic E-state index is 0.108. The zero-order valence-electron chi connectivity index (χ0n) is 18.9. The summed E-state index contributed by atoms with van der Waals surface area (Å²) in [6, 6.07) is 16.0. The second-order valence-electron chi connectivity index (χ2n) is 7.66. The molecule has 3 aromatic carbocycles. The number of carbonyl (C=O) groups excluding carboxylic acids is 2. The van der Waals surface area contributed by atoms with Crippen LogP contribution >= 0.6 is 62.5 Å². The Bertz CT molecular complexity index is 1370. The molecule has 5 nitrogen and oxygen atoms in total. The van der Waals surface area contributed by atoms with E-state index in [1.54, 1.807) is 48.5 Å². The Kier molecular flexibility index (Phi) is 8.91. The average Bonchev–Trinajstić information content (AvgIpc) is 3.09. The van der Waals surface area contributed by atoms with Gasteiger partial charge in [0, 0.05) is 5.02 Å². The van der Waals surface area contributed by atoms with Gasteiger partial charge in [0.05, 0.1) is 32.6 Å². The summed E-state index contributed by atoms with van der Waals surface area (Å²) in [4.78, 5) is 27.1. The van der Waals surface area contributed by atoms with Crippen molar-refractivity contribution in [3.05, 3.63) is 95.7 Å². The first-order valence-electron chi connectivity index (χ1n) is 10.8. The third-order valence-corrected chi connectivity index (χ3v) is 7.76. The van der Waals surface area contributed by atoms with E-state index in [2.05, 4.69) is 15.9 Å². The molecule has 1 heterocycles. The fraction of sp³-hybridized carbons (Fsp3) is 0.154. The summed E-state index contributed by atoms with van der Waals surface area (Å²) in [5.74, 6) is 0.624. The van der Waals surface area contributed by atoms with E-state index >= 15 is 0 Å². The highest BCUT2D eigenvalue weighted by Gasteiger charge is 2.35. The molecule has 0 aromatic heterocycles. The summed E-state index contributed by atoms with van der Waals surface area (Å²) in [5.41, 5.74) is 2.22. The lowest BCUT2D eigenvalue weighted by Crippen LogP contribution is -2.27. The molecule has 2 amide bonds. The number of hydrogen-bond donors (Lipinski definition) is 0. The first-order valence-corrected chi connectivity index (χ1v) is 13.5. The smallest absolute Gasteiger partial charge is 0.293 e. The first-order chi connectivity index (χ1) is 17.3. The van der Waals surface area contributed by atoms with Gasteiger partial charge in [0.15, 0.2) is 11.5 Å². The van der Waals surface area contributed by atoms with Gasteiger partial charge in [0.2, 0.25) is 0 Å². The van der Waals surface area contributed by atoms with Crippen LogP contribution in [0.25, 0.3) is 6.08 Å². The molecule has 1 fully saturated rings. The number of thioether (sulfide) groups is 1. The average molecular weight is 628 g/mol. The molecule has 0 radical (unpaired) electrons. The topological polar surface area (TPSA) is 55.8 Å². The standard InChI is InChI=1S/C26H19BrCl3NO4S/c1-2-34-22-11-16(9-18(27)24(22)35-14-15-7-8-20(29)21(30)10-15)12-23-25(32)31(26(33)36-23)13-17-5-3-4-6-19(17)28/h3-12H,2,13-14H2,1H3/b23-12+. The number of benzene rings is 3. The van der Waals surface area contributed by atoms with E-state index in [9.17, 15) is 9.59 Å². The fourth-order valence-corrected chi connectivity index (χ4v) is 5.37. The van der Waals surface area contributed by atoms with Crippen molar-refractivity contribution in [2.45, 2.75) is 20.1 Å². The van der Waals surface area contributed by atoms with Crippen LogP contribution < -0.4 is 9.47 Å². The van der Waals surface area contributed by atoms with Crippen molar-refractivity contribution in [1.82, 2.24) is 4.90 Å². The maximum Gasteiger partial charge on any atom is 0.293 e. The van der Waals surface area contributed by atoms with Crippen LogP contribution in [0.15, 0.2) is 64.0 Å². The van der Waals surface area contributed by atoms with Gasteiger partial charge in [0.1, 0.15) is 6.61 Å². The molecule has 0 atom stereocenters. The molecule has 1 aliphatic heterocycles. The second-order valence-corrected chi connectivity index (χ2v) is 10.7. The van der Waals surface area contributed by atoms with E-state index in [0.717, 1.165) is 17.3 Å². The predicted molar refractivity (Wildman–Crippen MR) is 149 cm³/mol. The van der Waals surface area contributed by atoms with Gasteiger partial charge < -0.3 is 9.47 Å². The summed E-state index contributed by atoms with van der Waals surface area (Å²) in [7, 11) is 0. The largest absolute Gasteiger partial charge is 0.490 e. The molecule has 10 heteroatoms. The van der Waals surface area contributed by atoms with E-state index in [4.69, 9.17) is 44.3 Å². The quantitative estimate of drug-likeness (QED) is 0.234. The molecular formula is C26H19BrCl3NO4S. The number of amides is 2. The SMILES string of the molecule is CCOc1cc(/C=C2/SC(=O)N(Cc3ccccc3Cl)C2=O)cc(Br)c1OCc1ccc(Cl)c(Cl)c1. The Morgan fingerprint density at radius 3 is 2.47 bits per heavy atom. The molecule has 0 spiro atoms. The highest BCUT2D eigenvalue weighted by Crippen LogP contribution is 2.40. The molecule has 3 aromatic rings. The van der Waals surface area contributed by atoms with E-state index in [-0.39, 0.29) is 24.3 Å². The lowest BCUT2D eigenvalue weighted by molar-refractivity contribution is -0.123. The summed E-state index contributed by atoms with van der Waals surface area (Å²) < 4.78 is 12.5. The third-order valence-electron chi connectivity index (χ3n) is 5.16. The highest BCUT2D eigenvalue weighted by molar-refractivity contribution is 9.10. The molecule has 0 unspecified atom stereocenters. The van der Waals surface area contributed by atoms with Gasteiger partial charge in [-0.05, 0) is 87.7 Å². The zero-order chi connectivity index (χ0) is 25.8. The fourth-order valence-electron chi connectivity index (χ4n) is 3.44. The molecule has 0 N–H and O–H groups in total. The van der Waals surface area contributed by atoms with Gasteiger partial charge in [0.25, 0.3) is 11.1 Å². The Morgan fingerprint density at radius 2 is 1.75 bits per heavy atom. The minimum Gasteiger partial charge on any atom is -0.490 e. The van der Waals surface area contributed by atoms with E-state index in [0.29, 0.717) is 53.7 Å². The van der Waals surface area contributed by atoms with Gasteiger partial charge in [-0.1, -0.05) is 59.1 Å². The monoisotopic (exact) mass is 625 g/mol. The van der Waals surface area contributed by atoms with Crippen LogP contribution in [-0.4, -0.2) is 22.7 Å². The van der Waals surface area contributed by atoms with E-state index < -0.39 is 0 Å². The van der Waals surface area contributed by atoms with Crippen LogP contribution in [0.5, 0.6) is 11.5 Å². The Labute approximate surface area is 236 Å². The van der Waals surface area contributed by atoms with E-state index in [1.807, 2.05) is 19.1 Å². The minimum atomic E-state index is -0.376. The molecule has 0 saturated carbocycles. The predicted octanol–water partition coefficient (Wildman–Crippen LogP) is 8.62. The molecule has 186 valence electrons. The maximum atomic E-state index is 13.0. The van der Waals surface area contributed by atoms with Gasteiger partial charge in [-0.2, -0.15) is 0 Å². The lowest BCUT2D eigenvalue weighted by Gasteiger charge is -2.15. The molecule has 0 bridgehead atoms. The molecule has 1 aliphatic rings. The van der Waals surface area contributed by atoms with Crippen LogP contribution in [0.4, 0.5) is 4.79 Å². The summed E-state index contributed by atoms with van der Waals surface area (Å²) >= 11 is 22.7. The Morgan fingerprint density at radius 1 is 0.972 bits per heavy atom. The molecule has 36 heavy (non-hydrogen) atoms. The number of ether oxygens (including phenoxy) is 2. The van der Waals surface area contributed by atoms with Crippen LogP contribution in [0.2, 0.25) is 15.1 Å². The van der Waals surface area contributed by atoms with Crippen molar-refractivity contribution in [3.8, 4) is 11.5 Å². The van der Waals surface area contributed by atoms with Crippen molar-refractivity contribution in [1.29, 1.82) is 0 Å². The second kappa shape index (κ2) is 11.9. The van der Waals surface area contributed by atoms with Gasteiger partial charge in [-0.25, -0.2) is 0 Å². The molecule has 0 aliphatic carbocycles. The molecule has 4 rings (SSSR count). The Balaban J connectivity index is 1.56. The summed E-state index contributed by atoms with van der Waals surface area (Å²) in [5, 5.41) is 1.07. The van der Waals surface area contributed by atoms with Gasteiger partial charge in [-0.15, -0.1) is 0 Å². The lowest BCUT2D eigenvalue weighted by atomic mass is 10.1. The Hall–Kier alpha value is -2.16. The number of imide groups is 1. The summed E-state index contributed by atoms with van der Waals surface area (Å²) in [6.45, 7) is 2.63. The van der Waals surface area contributed by atoms with Crippen LogP contribution in [0.3, 0.4) is 0 Å². The highest BCUT2D eigenvalue weighted by atomic mass is 79.9. The van der Waals surface area contributed by atoms with Crippen LogP contribution in [0.1, 0.15) is 23.6 Å². The van der Waals surface area contributed by atoms with Crippen LogP contribution in [-0.2, 0) is 17.9 Å². The zero-order valence-corrected chi connectivity index (χ0v) is 23.6. The maximum absolute atomic E-state index is 13.0. The van der Waals surface area contributed by atoms with Crippen LogP contribution in [0, 0.1) is 0 Å². The number of carbonyl (C=O) groups is 2. The van der Waals surface area contributed by atoms with Crippen molar-refractivity contribution in [2.75, 3.05) is 6.61 Å². The number of halogens is 4. The van der Waals surface area contributed by atoms with Gasteiger partial charge >= 0.3 is 0 Å². The van der Waals surface area contributed by atoms with Crippen molar-refractivity contribution in [3.63, 3.8) is 0 Å². The first kappa shape index (κ1) is 26.9. The number of rotatable bonds is 8. The third kappa shape index (κ3) is 6.21. The van der Waals surface area contributed by atoms with Crippen molar-refractivity contribution >= 4 is 79.7 Å². The molecular weight excluding hydrogens is 609 g/mol. The normalized spacial score (nSPS) is 14.6. The van der Waals surface area contributed by atoms with Gasteiger partial charge in [-0.3, -0.25) is 14.5 Å².